The second kappa shape index (κ2) is 5.38. The van der Waals surface area contributed by atoms with Gasteiger partial charge < -0.3 is 5.32 Å². The van der Waals surface area contributed by atoms with Gasteiger partial charge in [-0.3, -0.25) is 14.9 Å². The molecule has 0 amide bonds. The number of hydrogen-bond donors (Lipinski definition) is 1. The van der Waals surface area contributed by atoms with Gasteiger partial charge in [-0.05, 0) is 37.8 Å². The van der Waals surface area contributed by atoms with Gasteiger partial charge in [0.05, 0.1) is 4.92 Å². The van der Waals surface area contributed by atoms with Crippen molar-refractivity contribution in [3.05, 3.63) is 33.9 Å². The molecule has 0 radical (unpaired) electrons. The zero-order chi connectivity index (χ0) is 14.0. The van der Waals surface area contributed by atoms with Gasteiger partial charge in [-0.15, -0.1) is 0 Å². The third-order valence-corrected chi connectivity index (χ3v) is 3.52. The Morgan fingerprint density at radius 3 is 2.84 bits per heavy atom. The fourth-order valence-electron chi connectivity index (χ4n) is 2.34. The first-order valence-electron chi connectivity index (χ1n) is 6.58. The molecular formula is C14H18N2O3. The second-order valence-corrected chi connectivity index (χ2v) is 5.08. The predicted octanol–water partition coefficient (Wildman–Crippen LogP) is 3.40. The lowest BCUT2D eigenvalue weighted by Crippen LogP contribution is -2.07. The van der Waals surface area contributed by atoms with Crippen LogP contribution in [0.3, 0.4) is 0 Å². The van der Waals surface area contributed by atoms with Gasteiger partial charge >= 0.3 is 0 Å². The summed E-state index contributed by atoms with van der Waals surface area (Å²) in [6.07, 6.45) is 3.35. The molecule has 102 valence electrons. The summed E-state index contributed by atoms with van der Waals surface area (Å²) in [6, 6.07) is 4.95. The van der Waals surface area contributed by atoms with Crippen molar-refractivity contribution in [2.24, 2.45) is 5.92 Å². The molecular weight excluding hydrogens is 244 g/mol. The lowest BCUT2D eigenvalue weighted by Gasteiger charge is -2.07. The van der Waals surface area contributed by atoms with Crippen LogP contribution in [0.15, 0.2) is 18.2 Å². The normalized spacial score (nSPS) is 20.9. The van der Waals surface area contributed by atoms with E-state index in [-0.39, 0.29) is 11.5 Å². The van der Waals surface area contributed by atoms with Crippen LogP contribution in [0, 0.1) is 16.0 Å². The van der Waals surface area contributed by atoms with Crippen molar-refractivity contribution in [3.8, 4) is 0 Å². The van der Waals surface area contributed by atoms with Gasteiger partial charge in [0.25, 0.3) is 5.69 Å². The molecule has 0 aliphatic heterocycles. The maximum atomic E-state index is 11.3. The molecule has 1 saturated carbocycles. The predicted molar refractivity (Wildman–Crippen MR) is 73.5 cm³/mol. The topological polar surface area (TPSA) is 72.2 Å². The molecule has 2 atom stereocenters. The zero-order valence-corrected chi connectivity index (χ0v) is 11.2. The Bertz CT molecular complexity index is 513. The largest absolute Gasteiger partial charge is 0.376 e. The van der Waals surface area contributed by atoms with E-state index in [0.717, 1.165) is 19.3 Å². The molecule has 1 fully saturated rings. The molecule has 0 bridgehead atoms. The van der Waals surface area contributed by atoms with Gasteiger partial charge in [0.2, 0.25) is 0 Å². The van der Waals surface area contributed by atoms with Crippen LogP contribution in [0.25, 0.3) is 0 Å². The first-order valence-corrected chi connectivity index (χ1v) is 6.58. The minimum absolute atomic E-state index is 0.0187. The fraction of sp³-hybridized carbons (Fsp3) is 0.500. The van der Waals surface area contributed by atoms with E-state index >= 15 is 0 Å². The van der Waals surface area contributed by atoms with Crippen molar-refractivity contribution in [1.82, 2.24) is 0 Å². The third kappa shape index (κ3) is 3.10. The maximum Gasteiger partial charge on any atom is 0.293 e. The van der Waals surface area contributed by atoms with E-state index in [2.05, 4.69) is 12.2 Å². The zero-order valence-electron chi connectivity index (χ0n) is 11.2. The Morgan fingerprint density at radius 2 is 2.26 bits per heavy atom. The Labute approximate surface area is 112 Å². The number of nitro benzene ring substituents is 1. The Morgan fingerprint density at radius 1 is 1.53 bits per heavy atom. The van der Waals surface area contributed by atoms with Gasteiger partial charge in [-0.25, -0.2) is 0 Å². The molecule has 19 heavy (non-hydrogen) atoms. The van der Waals surface area contributed by atoms with Crippen LogP contribution in [-0.4, -0.2) is 16.7 Å². The summed E-state index contributed by atoms with van der Waals surface area (Å²) in [5.74, 6) is 0.460. The quantitative estimate of drug-likeness (QED) is 0.484. The fourth-order valence-corrected chi connectivity index (χ4v) is 2.34. The molecule has 1 aliphatic rings. The van der Waals surface area contributed by atoms with Crippen LogP contribution in [0.2, 0.25) is 0 Å². The van der Waals surface area contributed by atoms with E-state index in [1.807, 2.05) is 0 Å². The first kappa shape index (κ1) is 13.5. The average molecular weight is 262 g/mol. The lowest BCUT2D eigenvalue weighted by molar-refractivity contribution is -0.384. The number of hydrogen-bond acceptors (Lipinski definition) is 4. The monoisotopic (exact) mass is 262 g/mol. The molecule has 0 saturated heterocycles. The van der Waals surface area contributed by atoms with E-state index < -0.39 is 4.92 Å². The molecule has 0 aromatic heterocycles. The molecule has 0 spiro atoms. The average Bonchev–Trinajstić information content (AvgIpc) is 3.07. The summed E-state index contributed by atoms with van der Waals surface area (Å²) < 4.78 is 0. The minimum Gasteiger partial charge on any atom is -0.376 e. The third-order valence-electron chi connectivity index (χ3n) is 3.52. The van der Waals surface area contributed by atoms with Crippen LogP contribution >= 0.6 is 0 Å². The highest BCUT2D eigenvalue weighted by Gasteiger charge is 2.37. The van der Waals surface area contributed by atoms with Crippen molar-refractivity contribution in [1.29, 1.82) is 0 Å². The summed E-state index contributed by atoms with van der Waals surface area (Å²) in [7, 11) is 0. The summed E-state index contributed by atoms with van der Waals surface area (Å²) >= 11 is 0. The van der Waals surface area contributed by atoms with Gasteiger partial charge in [-0.2, -0.15) is 0 Å². The number of Topliss-reactive ketones (excluding diaryl/α,β-unsaturated/α-hetero) is 1. The first-order chi connectivity index (χ1) is 9.02. The highest BCUT2D eigenvalue weighted by atomic mass is 16.6. The molecule has 1 aromatic rings. The number of benzene rings is 1. The van der Waals surface area contributed by atoms with E-state index in [1.165, 1.54) is 13.0 Å². The molecule has 2 unspecified atom stereocenters. The molecule has 0 heterocycles. The van der Waals surface area contributed by atoms with Crippen LogP contribution in [0.4, 0.5) is 11.4 Å². The number of anilines is 1. The van der Waals surface area contributed by atoms with Gasteiger partial charge in [-0.1, -0.05) is 13.3 Å². The van der Waals surface area contributed by atoms with Gasteiger partial charge in [0, 0.05) is 17.7 Å². The number of nitrogens with one attached hydrogen (secondary N) is 1. The van der Waals surface area contributed by atoms with Crippen molar-refractivity contribution < 1.29 is 9.72 Å². The number of nitrogens with zero attached hydrogens (tertiary/aromatic N) is 1. The smallest absolute Gasteiger partial charge is 0.293 e. The number of ketones is 1. The molecule has 2 rings (SSSR count). The summed E-state index contributed by atoms with van der Waals surface area (Å²) in [6.45, 7) is 3.55. The number of carbonyl (C=O) groups excluding carboxylic acids is 1. The van der Waals surface area contributed by atoms with Crippen LogP contribution in [0.1, 0.15) is 43.5 Å². The lowest BCUT2D eigenvalue weighted by atomic mass is 10.1. The molecule has 1 aliphatic carbocycles. The summed E-state index contributed by atoms with van der Waals surface area (Å²) in [5.41, 5.74) is 0.867. The molecule has 5 nitrogen and oxygen atoms in total. The summed E-state index contributed by atoms with van der Waals surface area (Å²) in [5, 5.41) is 14.3. The van der Waals surface area contributed by atoms with Gasteiger partial charge in [0.15, 0.2) is 5.78 Å². The highest BCUT2D eigenvalue weighted by Crippen LogP contribution is 2.39. The molecule has 1 N–H and O–H groups in total. The Hall–Kier alpha value is -1.91. The van der Waals surface area contributed by atoms with E-state index in [1.54, 1.807) is 12.1 Å². The second-order valence-electron chi connectivity index (χ2n) is 5.08. The Balaban J connectivity index is 2.16. The van der Waals surface area contributed by atoms with Crippen LogP contribution < -0.4 is 5.32 Å². The van der Waals surface area contributed by atoms with Crippen LogP contribution in [0.5, 0.6) is 0 Å². The maximum absolute atomic E-state index is 11.3. The number of nitro groups is 1. The van der Waals surface area contributed by atoms with Crippen molar-refractivity contribution >= 4 is 17.2 Å². The van der Waals surface area contributed by atoms with E-state index in [0.29, 0.717) is 23.2 Å². The van der Waals surface area contributed by atoms with E-state index in [9.17, 15) is 14.9 Å². The van der Waals surface area contributed by atoms with Crippen molar-refractivity contribution in [2.75, 3.05) is 5.32 Å². The summed E-state index contributed by atoms with van der Waals surface area (Å²) in [4.78, 5) is 21.9. The number of carbonyl (C=O) groups is 1. The molecule has 1 aromatic carbocycles. The van der Waals surface area contributed by atoms with Crippen molar-refractivity contribution in [2.45, 2.75) is 39.2 Å². The SMILES string of the molecule is CCCC1CC1Nc1ccc(C(C)=O)cc1[N+](=O)[O-]. The minimum atomic E-state index is -0.439. The molecule has 5 heteroatoms. The van der Waals surface area contributed by atoms with E-state index in [4.69, 9.17) is 0 Å². The van der Waals surface area contributed by atoms with Gasteiger partial charge in [0.1, 0.15) is 5.69 Å². The standard InChI is InChI=1S/C14H18N2O3/c1-3-4-11-7-13(11)15-12-6-5-10(9(2)17)8-14(12)16(18)19/h5-6,8,11,13,15H,3-4,7H2,1-2H3. The van der Waals surface area contributed by atoms with Crippen molar-refractivity contribution in [3.63, 3.8) is 0 Å². The number of rotatable bonds is 6. The van der Waals surface area contributed by atoms with Crippen LogP contribution in [-0.2, 0) is 0 Å². The Kier molecular flexibility index (Phi) is 3.83. The highest BCUT2D eigenvalue weighted by molar-refractivity contribution is 5.95.